The molecule has 0 radical (unpaired) electrons. The van der Waals surface area contributed by atoms with Crippen LogP contribution in [-0.4, -0.2) is 6.67 Å². The maximum atomic E-state index is 12.7. The average Bonchev–Trinajstić information content (AvgIpc) is 2.09. The van der Waals surface area contributed by atoms with E-state index in [0.717, 1.165) is 0 Å². The molecule has 0 bridgehead atoms. The highest BCUT2D eigenvalue weighted by atomic mass is 35.5. The Labute approximate surface area is 80.5 Å². The molecule has 0 saturated carbocycles. The van der Waals surface area contributed by atoms with Gasteiger partial charge in [-0.1, -0.05) is 11.6 Å². The van der Waals surface area contributed by atoms with Gasteiger partial charge >= 0.3 is 0 Å². The van der Waals surface area contributed by atoms with Crippen molar-refractivity contribution in [3.63, 3.8) is 0 Å². The van der Waals surface area contributed by atoms with Crippen LogP contribution in [0.1, 0.15) is 18.0 Å². The van der Waals surface area contributed by atoms with Gasteiger partial charge in [0.1, 0.15) is 5.82 Å². The summed E-state index contributed by atoms with van der Waals surface area (Å²) in [5.74, 6) is -0.409. The van der Waals surface area contributed by atoms with E-state index in [0.29, 0.717) is 10.6 Å². The lowest BCUT2D eigenvalue weighted by molar-refractivity contribution is 0.441. The lowest BCUT2D eigenvalue weighted by Crippen LogP contribution is -2.11. The van der Waals surface area contributed by atoms with Crippen LogP contribution in [0.15, 0.2) is 18.2 Å². The zero-order chi connectivity index (χ0) is 9.84. The molecule has 2 N–H and O–H groups in total. The fraction of sp³-hybridized carbons (Fsp3) is 0.333. The van der Waals surface area contributed by atoms with Gasteiger partial charge in [-0.2, -0.15) is 0 Å². The van der Waals surface area contributed by atoms with E-state index < -0.39 is 18.5 Å². The van der Waals surface area contributed by atoms with E-state index in [1.807, 2.05) is 0 Å². The van der Waals surface area contributed by atoms with Crippen molar-refractivity contribution >= 4 is 11.6 Å². The standard InChI is InChI=1S/C9H10ClF2N/c10-8-2-1-6(12)5-7(8)9(13)3-4-11/h1-2,5,9H,3-4,13H2/t9-/m0/s1. The van der Waals surface area contributed by atoms with Gasteiger partial charge in [0.25, 0.3) is 0 Å². The van der Waals surface area contributed by atoms with Crippen molar-refractivity contribution in [2.24, 2.45) is 5.73 Å². The van der Waals surface area contributed by atoms with Crippen LogP contribution < -0.4 is 5.73 Å². The highest BCUT2D eigenvalue weighted by molar-refractivity contribution is 6.31. The summed E-state index contributed by atoms with van der Waals surface area (Å²) in [6, 6.07) is 3.37. The van der Waals surface area contributed by atoms with Gasteiger partial charge in [0, 0.05) is 11.1 Å². The Morgan fingerprint density at radius 3 is 2.77 bits per heavy atom. The van der Waals surface area contributed by atoms with Crippen molar-refractivity contribution < 1.29 is 8.78 Å². The first kappa shape index (κ1) is 10.4. The van der Waals surface area contributed by atoms with E-state index in [1.165, 1.54) is 18.2 Å². The third kappa shape index (κ3) is 2.64. The Morgan fingerprint density at radius 1 is 1.46 bits per heavy atom. The summed E-state index contributed by atoms with van der Waals surface area (Å²) in [7, 11) is 0. The Balaban J connectivity index is 2.91. The Kier molecular flexibility index (Phi) is 3.63. The Hall–Kier alpha value is -0.670. The monoisotopic (exact) mass is 205 g/mol. The molecule has 1 aromatic carbocycles. The summed E-state index contributed by atoms with van der Waals surface area (Å²) in [5.41, 5.74) is 6.04. The van der Waals surface area contributed by atoms with Gasteiger partial charge in [-0.05, 0) is 30.2 Å². The molecule has 0 aliphatic rings. The highest BCUT2D eigenvalue weighted by Crippen LogP contribution is 2.24. The second-order valence-electron chi connectivity index (χ2n) is 2.75. The fourth-order valence-corrected chi connectivity index (χ4v) is 1.33. The molecule has 4 heteroatoms. The van der Waals surface area contributed by atoms with Crippen LogP contribution >= 0.6 is 11.6 Å². The molecule has 1 atom stereocenters. The van der Waals surface area contributed by atoms with E-state index in [9.17, 15) is 8.78 Å². The van der Waals surface area contributed by atoms with Crippen LogP contribution in [0.3, 0.4) is 0 Å². The summed E-state index contributed by atoms with van der Waals surface area (Å²) in [5, 5.41) is 0.377. The largest absolute Gasteiger partial charge is 0.324 e. The molecule has 0 aliphatic heterocycles. The minimum atomic E-state index is -0.534. The molecule has 0 aliphatic carbocycles. The van der Waals surface area contributed by atoms with Crippen LogP contribution in [0.2, 0.25) is 5.02 Å². The SMILES string of the molecule is N[C@@H](CCF)c1cc(F)ccc1Cl. The van der Waals surface area contributed by atoms with Gasteiger partial charge in [-0.15, -0.1) is 0 Å². The predicted molar refractivity (Wildman–Crippen MR) is 48.9 cm³/mol. The van der Waals surface area contributed by atoms with E-state index in [2.05, 4.69) is 0 Å². The summed E-state index contributed by atoms with van der Waals surface area (Å²) in [6.45, 7) is -0.534. The van der Waals surface area contributed by atoms with E-state index in [4.69, 9.17) is 17.3 Å². The first-order chi connectivity index (χ1) is 6.15. The van der Waals surface area contributed by atoms with Crippen LogP contribution in [0.25, 0.3) is 0 Å². The summed E-state index contributed by atoms with van der Waals surface area (Å²) >= 11 is 5.76. The second-order valence-corrected chi connectivity index (χ2v) is 3.16. The minimum absolute atomic E-state index is 0.156. The smallest absolute Gasteiger partial charge is 0.123 e. The number of alkyl halides is 1. The van der Waals surface area contributed by atoms with Gasteiger partial charge in [0.2, 0.25) is 0 Å². The molecule has 0 unspecified atom stereocenters. The molecule has 0 saturated heterocycles. The normalized spacial score (nSPS) is 12.9. The molecular weight excluding hydrogens is 196 g/mol. The van der Waals surface area contributed by atoms with Crippen LogP contribution in [-0.2, 0) is 0 Å². The number of rotatable bonds is 3. The topological polar surface area (TPSA) is 26.0 Å². The minimum Gasteiger partial charge on any atom is -0.324 e. The zero-order valence-corrected chi connectivity index (χ0v) is 7.69. The predicted octanol–water partition coefficient (Wildman–Crippen LogP) is 2.84. The molecule has 72 valence electrons. The van der Waals surface area contributed by atoms with Crippen molar-refractivity contribution in [1.82, 2.24) is 0 Å². The molecule has 0 aromatic heterocycles. The third-order valence-electron chi connectivity index (χ3n) is 1.78. The van der Waals surface area contributed by atoms with E-state index in [-0.39, 0.29) is 6.42 Å². The molecule has 1 nitrogen and oxygen atoms in total. The highest BCUT2D eigenvalue weighted by Gasteiger charge is 2.10. The molecule has 13 heavy (non-hydrogen) atoms. The quantitative estimate of drug-likeness (QED) is 0.807. The van der Waals surface area contributed by atoms with Crippen LogP contribution in [0, 0.1) is 5.82 Å². The van der Waals surface area contributed by atoms with Gasteiger partial charge < -0.3 is 5.73 Å². The average molecular weight is 206 g/mol. The van der Waals surface area contributed by atoms with Crippen LogP contribution in [0.5, 0.6) is 0 Å². The van der Waals surface area contributed by atoms with Crippen molar-refractivity contribution in [1.29, 1.82) is 0 Å². The van der Waals surface area contributed by atoms with Crippen LogP contribution in [0.4, 0.5) is 8.78 Å². The lowest BCUT2D eigenvalue weighted by Gasteiger charge is -2.11. The molecular formula is C9H10ClF2N. The molecule has 1 rings (SSSR count). The van der Waals surface area contributed by atoms with Crippen molar-refractivity contribution in [3.05, 3.63) is 34.6 Å². The fourth-order valence-electron chi connectivity index (χ4n) is 1.07. The molecule has 1 aromatic rings. The van der Waals surface area contributed by atoms with Crippen molar-refractivity contribution in [2.45, 2.75) is 12.5 Å². The van der Waals surface area contributed by atoms with Gasteiger partial charge in [0.15, 0.2) is 0 Å². The maximum Gasteiger partial charge on any atom is 0.123 e. The van der Waals surface area contributed by atoms with Gasteiger partial charge in [0.05, 0.1) is 6.67 Å². The number of hydrogen-bond donors (Lipinski definition) is 1. The van der Waals surface area contributed by atoms with Gasteiger partial charge in [-0.25, -0.2) is 4.39 Å². The molecule has 0 spiro atoms. The van der Waals surface area contributed by atoms with Crippen molar-refractivity contribution in [3.8, 4) is 0 Å². The second kappa shape index (κ2) is 4.53. The first-order valence-corrected chi connectivity index (χ1v) is 4.29. The summed E-state index contributed by atoms with van der Waals surface area (Å²) < 4.78 is 24.7. The zero-order valence-electron chi connectivity index (χ0n) is 6.93. The third-order valence-corrected chi connectivity index (χ3v) is 2.12. The maximum absolute atomic E-state index is 12.7. The van der Waals surface area contributed by atoms with Crippen molar-refractivity contribution in [2.75, 3.05) is 6.67 Å². The summed E-state index contributed by atoms with van der Waals surface area (Å²) in [6.07, 6.45) is 0.156. The van der Waals surface area contributed by atoms with E-state index in [1.54, 1.807) is 0 Å². The molecule has 0 fully saturated rings. The lowest BCUT2D eigenvalue weighted by atomic mass is 10.1. The number of benzene rings is 1. The number of halogens is 3. The van der Waals surface area contributed by atoms with E-state index >= 15 is 0 Å². The Bertz CT molecular complexity index is 291. The molecule has 0 heterocycles. The number of hydrogen-bond acceptors (Lipinski definition) is 1. The first-order valence-electron chi connectivity index (χ1n) is 3.91. The summed E-state index contributed by atoms with van der Waals surface area (Å²) in [4.78, 5) is 0. The molecule has 0 amide bonds. The van der Waals surface area contributed by atoms with Gasteiger partial charge in [-0.3, -0.25) is 4.39 Å². The number of nitrogens with two attached hydrogens (primary N) is 1. The Morgan fingerprint density at radius 2 is 2.15 bits per heavy atom.